The van der Waals surface area contributed by atoms with Crippen molar-refractivity contribution in [2.45, 2.75) is 108 Å². The smallest absolute Gasteiger partial charge is 0.322 e. The first-order valence-electron chi connectivity index (χ1n) is 26.8. The second-order valence-corrected chi connectivity index (χ2v) is 20.4. The number of amides is 12. The molecule has 0 heterocycles. The van der Waals surface area contributed by atoms with Gasteiger partial charge in [-0.05, 0) is 61.3 Å². The highest BCUT2D eigenvalue weighted by atomic mass is 32.2. The van der Waals surface area contributed by atoms with E-state index < -0.39 is 196 Å². The molecule has 8 unspecified atom stereocenters. The Morgan fingerprint density at radius 1 is 0.540 bits per heavy atom. The molecule has 0 fully saturated rings. The number of aliphatic carboxylic acids is 3. The molecule has 37 heteroatoms. The summed E-state index contributed by atoms with van der Waals surface area (Å²) in [5, 5.41) is 64.7. The number of hydrogen-bond acceptors (Lipinski definition) is 20. The maximum atomic E-state index is 14.2. The number of phenols is 1. The zero-order valence-corrected chi connectivity index (χ0v) is 49.6. The number of nitrogens with zero attached hydrogens (tertiary/aromatic N) is 1. The number of benzene rings is 1. The molecule has 1 rings (SSSR count). The predicted octanol–water partition coefficient (Wildman–Crippen LogP) is -7.93. The first kappa shape index (κ1) is 76.0. The molecule has 0 aliphatic heterocycles. The van der Waals surface area contributed by atoms with Crippen LogP contribution in [0.4, 0.5) is 0 Å². The van der Waals surface area contributed by atoms with Crippen molar-refractivity contribution in [2.75, 3.05) is 63.6 Å². The second kappa shape index (κ2) is 41.1. The lowest BCUT2D eigenvalue weighted by atomic mass is 9.96. The molecule has 8 atom stereocenters. The number of phenolic OH excluding ortho intramolecular Hbond substituents is 1. The van der Waals surface area contributed by atoms with Crippen LogP contribution in [0.25, 0.3) is 0 Å². The van der Waals surface area contributed by atoms with Crippen LogP contribution in [-0.4, -0.2) is 221 Å². The molecule has 0 aliphatic rings. The molecular weight excluding hydrogens is 1190 g/mol. The van der Waals surface area contributed by atoms with E-state index in [0.29, 0.717) is 11.3 Å². The minimum Gasteiger partial charge on any atom is -0.508 e. The number of thiol groups is 1. The number of aliphatic imine (C=N–C) groups is 1. The number of carbonyl (C=O) groups is 15. The summed E-state index contributed by atoms with van der Waals surface area (Å²) in [6, 6.07) is -4.01. The number of guanidine groups is 1. The maximum Gasteiger partial charge on any atom is 0.322 e. The van der Waals surface area contributed by atoms with Crippen molar-refractivity contribution >= 4 is 119 Å². The standard InChI is InChI=1S/C50H78N16O19S2/c1-4-25(2)42(66-48(84)32(16-26-7-9-27(67)10-8-26)65-47(83)31(13-15-87-3)63-43(79)28(51)24-86)49(85)64-30(11-12-39(73)74)45(81)58-20-36(70)56-18-34(68)55-19-35(69)57-21-37(71)61-29(6-5-14-54-50(52)53)44(80)59-22-38(72)62-33(17-40(75)76)46(82)60-23-41(77)78/h7-10,25,28-33,42,67,86H,4-6,11-24,51H2,1-3H3,(H,55,68)(H,56,70)(H,57,69)(H,58,81)(H,59,80)(H,60,82)(H,61,71)(H,62,72)(H,63,79)(H,64,85)(H,65,83)(H,66,84)(H,73,74)(H,75,76)(H,77,78)(H4,52,53,54). The Bertz CT molecular complexity index is 2610. The van der Waals surface area contributed by atoms with Crippen molar-refractivity contribution < 1.29 is 92.3 Å². The average Bonchev–Trinajstić information content (AvgIpc) is 3.19. The van der Waals surface area contributed by atoms with Crippen LogP contribution >= 0.6 is 24.4 Å². The molecule has 484 valence electrons. The van der Waals surface area contributed by atoms with Crippen LogP contribution in [0, 0.1) is 5.92 Å². The summed E-state index contributed by atoms with van der Waals surface area (Å²) in [6.07, 6.45) is -0.0965. The van der Waals surface area contributed by atoms with E-state index in [2.05, 4.69) is 76.1 Å². The number of aromatic hydroxyl groups is 1. The molecule has 1 aromatic rings. The molecule has 0 saturated heterocycles. The highest BCUT2D eigenvalue weighted by molar-refractivity contribution is 7.98. The third-order valence-corrected chi connectivity index (χ3v) is 13.1. The van der Waals surface area contributed by atoms with Crippen molar-refractivity contribution in [3.63, 3.8) is 0 Å². The lowest BCUT2D eigenvalue weighted by Gasteiger charge is -2.29. The summed E-state index contributed by atoms with van der Waals surface area (Å²) in [6.45, 7) is -1.50. The first-order valence-corrected chi connectivity index (χ1v) is 28.8. The predicted molar refractivity (Wildman–Crippen MR) is 312 cm³/mol. The summed E-state index contributed by atoms with van der Waals surface area (Å²) in [4.78, 5) is 194. The van der Waals surface area contributed by atoms with Crippen LogP contribution in [0.5, 0.6) is 5.75 Å². The molecule has 0 aliphatic carbocycles. The van der Waals surface area contributed by atoms with Crippen molar-refractivity contribution in [3.8, 4) is 5.75 Å². The van der Waals surface area contributed by atoms with Gasteiger partial charge in [-0.3, -0.25) is 76.9 Å². The van der Waals surface area contributed by atoms with Gasteiger partial charge in [0.05, 0.1) is 45.2 Å². The first-order chi connectivity index (χ1) is 41.0. The fraction of sp³-hybridized carbons (Fsp3) is 0.560. The number of carboxylic acids is 3. The zero-order chi connectivity index (χ0) is 65.8. The maximum absolute atomic E-state index is 14.2. The van der Waals surface area contributed by atoms with Crippen LogP contribution in [0.15, 0.2) is 29.3 Å². The Morgan fingerprint density at radius 3 is 1.51 bits per heavy atom. The Kier molecular flexibility index (Phi) is 35.9. The number of rotatable bonds is 42. The van der Waals surface area contributed by atoms with Gasteiger partial charge in [-0.1, -0.05) is 32.4 Å². The molecule has 22 N–H and O–H groups in total. The van der Waals surface area contributed by atoms with Gasteiger partial charge in [0, 0.05) is 25.1 Å². The van der Waals surface area contributed by atoms with Crippen molar-refractivity contribution in [1.82, 2.24) is 63.8 Å². The van der Waals surface area contributed by atoms with Gasteiger partial charge in [0.2, 0.25) is 70.9 Å². The molecule has 87 heavy (non-hydrogen) atoms. The summed E-state index contributed by atoms with van der Waals surface area (Å²) >= 11 is 5.43. The van der Waals surface area contributed by atoms with Crippen LogP contribution in [-0.2, 0) is 78.3 Å². The van der Waals surface area contributed by atoms with E-state index in [4.69, 9.17) is 27.4 Å². The molecule has 0 aromatic heterocycles. The highest BCUT2D eigenvalue weighted by Crippen LogP contribution is 2.15. The molecule has 1 aromatic carbocycles. The van der Waals surface area contributed by atoms with E-state index >= 15 is 0 Å². The fourth-order valence-electron chi connectivity index (χ4n) is 7.21. The summed E-state index contributed by atoms with van der Waals surface area (Å²) in [5.41, 5.74) is 16.9. The third-order valence-electron chi connectivity index (χ3n) is 12.1. The number of thioether (sulfide) groups is 1. The van der Waals surface area contributed by atoms with E-state index in [0.717, 1.165) is 0 Å². The molecular formula is C50H78N16O19S2. The average molecular weight is 1270 g/mol. The van der Waals surface area contributed by atoms with E-state index in [9.17, 15) is 82.1 Å². The lowest BCUT2D eigenvalue weighted by molar-refractivity contribution is -0.141. The van der Waals surface area contributed by atoms with Crippen molar-refractivity contribution in [3.05, 3.63) is 29.8 Å². The van der Waals surface area contributed by atoms with Crippen LogP contribution in [0.1, 0.15) is 64.4 Å². The minimum atomic E-state index is -1.72. The number of hydrogen-bond donors (Lipinski definition) is 20. The minimum absolute atomic E-state index is 0.00681. The molecule has 0 spiro atoms. The number of nitrogens with one attached hydrogen (secondary N) is 12. The van der Waals surface area contributed by atoms with Gasteiger partial charge in [-0.2, -0.15) is 24.4 Å². The fourth-order valence-corrected chi connectivity index (χ4v) is 7.84. The Labute approximate surface area is 508 Å². The molecule has 0 bridgehead atoms. The molecule has 0 radical (unpaired) electrons. The molecule has 35 nitrogen and oxygen atoms in total. The van der Waals surface area contributed by atoms with Crippen LogP contribution in [0.3, 0.4) is 0 Å². The zero-order valence-electron chi connectivity index (χ0n) is 47.9. The van der Waals surface area contributed by atoms with Gasteiger partial charge in [-0.25, -0.2) is 0 Å². The van der Waals surface area contributed by atoms with Gasteiger partial charge in [-0.15, -0.1) is 0 Å². The third kappa shape index (κ3) is 32.8. The van der Waals surface area contributed by atoms with Crippen LogP contribution < -0.4 is 81.0 Å². The monoisotopic (exact) mass is 1270 g/mol. The summed E-state index contributed by atoms with van der Waals surface area (Å²) < 4.78 is 0. The van der Waals surface area contributed by atoms with Crippen LogP contribution in [0.2, 0.25) is 0 Å². The van der Waals surface area contributed by atoms with Crippen molar-refractivity contribution in [1.29, 1.82) is 0 Å². The second-order valence-electron chi connectivity index (χ2n) is 19.1. The summed E-state index contributed by atoms with van der Waals surface area (Å²) in [7, 11) is 0. The highest BCUT2D eigenvalue weighted by Gasteiger charge is 2.35. The Balaban J connectivity index is 2.98. The topological polar surface area (TPSA) is 572 Å². The van der Waals surface area contributed by atoms with Gasteiger partial charge in [0.1, 0.15) is 48.5 Å². The molecule has 0 saturated carbocycles. The van der Waals surface area contributed by atoms with Gasteiger partial charge in [0.15, 0.2) is 5.96 Å². The number of nitrogens with two attached hydrogens (primary N) is 3. The van der Waals surface area contributed by atoms with Gasteiger partial charge >= 0.3 is 17.9 Å². The number of carboxylic acid groups (broad SMARTS) is 3. The van der Waals surface area contributed by atoms with Gasteiger partial charge < -0.3 is 101 Å². The Hall–Kier alpha value is -9.00. The van der Waals surface area contributed by atoms with E-state index in [1.807, 2.05) is 5.32 Å². The largest absolute Gasteiger partial charge is 0.508 e. The van der Waals surface area contributed by atoms with Crippen molar-refractivity contribution in [2.24, 2.45) is 28.1 Å². The van der Waals surface area contributed by atoms with E-state index in [1.165, 1.54) is 36.0 Å². The normalized spacial score (nSPS) is 13.4. The van der Waals surface area contributed by atoms with E-state index in [1.54, 1.807) is 20.1 Å². The van der Waals surface area contributed by atoms with Gasteiger partial charge in [0.25, 0.3) is 0 Å². The van der Waals surface area contributed by atoms with E-state index in [-0.39, 0.29) is 56.1 Å². The summed E-state index contributed by atoms with van der Waals surface area (Å²) in [5.74, 6) is -16.2. The Morgan fingerprint density at radius 2 is 1.00 bits per heavy atom. The number of carbonyl (C=O) groups excluding carboxylic acids is 12. The molecule has 12 amide bonds. The lowest BCUT2D eigenvalue weighted by Crippen LogP contribution is -2.60. The SMILES string of the molecule is CCC(C)C(NC(=O)C(Cc1ccc(O)cc1)NC(=O)C(CCSC)NC(=O)C(N)CS)C(=O)NC(CCC(=O)O)C(=O)NCC(=O)NCC(=O)NCC(=O)NCC(=O)NC(CCCN=C(N)N)C(=O)NCC(=O)NC(CC(=O)O)C(=O)NCC(=O)O. The quantitative estimate of drug-likeness (QED) is 0.0125.